The number of carbonyl (C=O) groups excluding carboxylic acids is 1. The predicted octanol–water partition coefficient (Wildman–Crippen LogP) is 5.13. The van der Waals surface area contributed by atoms with Gasteiger partial charge in [-0.25, -0.2) is 9.38 Å². The van der Waals surface area contributed by atoms with Crippen LogP contribution in [0.4, 0.5) is 10.1 Å². The molecule has 5 nitrogen and oxygen atoms in total. The molecule has 2 aromatic carbocycles. The van der Waals surface area contributed by atoms with Crippen LogP contribution in [-0.2, 0) is 4.74 Å². The Morgan fingerprint density at radius 2 is 2.14 bits per heavy atom. The van der Waals surface area contributed by atoms with Crippen LogP contribution in [-0.4, -0.2) is 25.2 Å². The largest absolute Gasteiger partial charge is 0.438 e. The summed E-state index contributed by atoms with van der Waals surface area (Å²) >= 11 is 9.38. The van der Waals surface area contributed by atoms with Gasteiger partial charge >= 0.3 is 0 Å². The Kier molecular flexibility index (Phi) is 5.99. The van der Waals surface area contributed by atoms with Crippen molar-refractivity contribution in [1.82, 2.24) is 5.32 Å². The van der Waals surface area contributed by atoms with Gasteiger partial charge in [-0.2, -0.15) is 0 Å². The van der Waals surface area contributed by atoms with Crippen LogP contribution >= 0.6 is 27.5 Å². The molecule has 0 aliphatic carbocycles. The quantitative estimate of drug-likeness (QED) is 0.564. The number of benzene rings is 2. The number of carbonyl (C=O) groups is 1. The third-order valence-electron chi connectivity index (χ3n) is 4.60. The van der Waals surface area contributed by atoms with Gasteiger partial charge in [-0.1, -0.05) is 27.5 Å². The van der Waals surface area contributed by atoms with Crippen molar-refractivity contribution in [3.8, 4) is 0 Å². The van der Waals surface area contributed by atoms with Crippen LogP contribution in [0, 0.1) is 5.82 Å². The summed E-state index contributed by atoms with van der Waals surface area (Å²) in [6.45, 7) is 1.09. The smallest absolute Gasteiger partial charge is 0.256 e. The van der Waals surface area contributed by atoms with E-state index in [9.17, 15) is 9.18 Å². The summed E-state index contributed by atoms with van der Waals surface area (Å²) in [6, 6.07) is 11.1. The molecule has 1 fully saturated rings. The Bertz CT molecular complexity index is 1140. The number of ether oxygens (including phenoxy) is 1. The van der Waals surface area contributed by atoms with Crippen molar-refractivity contribution in [3.63, 3.8) is 0 Å². The van der Waals surface area contributed by atoms with E-state index in [4.69, 9.17) is 20.8 Å². The normalized spacial score (nSPS) is 17.1. The molecule has 0 spiro atoms. The summed E-state index contributed by atoms with van der Waals surface area (Å²) in [6.07, 6.45) is 1.88. The lowest BCUT2D eigenvalue weighted by molar-refractivity contribution is 0.0854. The van der Waals surface area contributed by atoms with Crippen LogP contribution < -0.4 is 10.9 Å². The molecule has 0 bridgehead atoms. The minimum absolute atomic E-state index is 0.00347. The zero-order valence-corrected chi connectivity index (χ0v) is 17.6. The molecule has 1 atom stereocenters. The second-order valence-corrected chi connectivity index (χ2v) is 8.05. The first-order valence-corrected chi connectivity index (χ1v) is 10.3. The minimum atomic E-state index is -0.564. The van der Waals surface area contributed by atoms with Crippen LogP contribution in [0.1, 0.15) is 23.2 Å². The Labute approximate surface area is 179 Å². The van der Waals surface area contributed by atoms with Gasteiger partial charge in [-0.05, 0) is 55.3 Å². The average molecular weight is 480 g/mol. The van der Waals surface area contributed by atoms with E-state index in [-0.39, 0.29) is 28.8 Å². The second-order valence-electron chi connectivity index (χ2n) is 6.70. The van der Waals surface area contributed by atoms with Crippen LogP contribution in [0.15, 0.2) is 56.3 Å². The highest BCUT2D eigenvalue weighted by Gasteiger charge is 2.19. The van der Waals surface area contributed by atoms with Crippen molar-refractivity contribution in [1.29, 1.82) is 0 Å². The highest BCUT2D eigenvalue weighted by atomic mass is 79.9. The number of rotatable bonds is 4. The molecule has 3 aromatic rings. The Morgan fingerprint density at radius 1 is 1.28 bits per heavy atom. The first-order valence-electron chi connectivity index (χ1n) is 9.12. The summed E-state index contributed by atoms with van der Waals surface area (Å²) < 4.78 is 26.4. The Balaban J connectivity index is 1.79. The van der Waals surface area contributed by atoms with E-state index in [0.717, 1.165) is 17.3 Å². The first kappa shape index (κ1) is 20.1. The lowest BCUT2D eigenvalue weighted by atomic mass is 10.1. The molecule has 1 aliphatic heterocycles. The Morgan fingerprint density at radius 3 is 2.93 bits per heavy atom. The molecule has 1 aliphatic rings. The standard InChI is InChI=1S/C21H17BrClFN2O3/c22-13-3-6-19-12(8-13)9-16(20(27)25-11-15-2-1-7-28-15)21(29-19)26-18-10-14(23)4-5-17(18)24/h3-6,8-10,15H,1-2,7,11H2,(H,25,27)/t15-/m1/s1. The fraction of sp³-hybridized carbons (Fsp3) is 0.238. The lowest BCUT2D eigenvalue weighted by Crippen LogP contribution is -2.34. The molecule has 1 aromatic heterocycles. The molecule has 150 valence electrons. The number of hydrogen-bond donors (Lipinski definition) is 1. The van der Waals surface area contributed by atoms with E-state index in [1.54, 1.807) is 12.1 Å². The molecule has 0 radical (unpaired) electrons. The number of halogens is 3. The SMILES string of the molecule is O=C(NC[C@H]1CCCO1)c1cc2cc(Br)ccc2oc1=Nc1cc(Cl)ccc1F. The van der Waals surface area contributed by atoms with Crippen molar-refractivity contribution in [3.05, 3.63) is 68.9 Å². The molecular weight excluding hydrogens is 463 g/mol. The van der Waals surface area contributed by atoms with Crippen molar-refractivity contribution in [2.45, 2.75) is 18.9 Å². The van der Waals surface area contributed by atoms with Crippen LogP contribution in [0.5, 0.6) is 0 Å². The second kappa shape index (κ2) is 8.65. The van der Waals surface area contributed by atoms with Crippen molar-refractivity contribution in [2.24, 2.45) is 4.99 Å². The lowest BCUT2D eigenvalue weighted by Gasteiger charge is -2.11. The molecule has 0 unspecified atom stereocenters. The summed E-state index contributed by atoms with van der Waals surface area (Å²) in [4.78, 5) is 17.1. The monoisotopic (exact) mass is 478 g/mol. The van der Waals surface area contributed by atoms with Crippen molar-refractivity contribution < 1.29 is 18.3 Å². The summed E-state index contributed by atoms with van der Waals surface area (Å²) in [7, 11) is 0. The van der Waals surface area contributed by atoms with E-state index >= 15 is 0 Å². The van der Waals surface area contributed by atoms with E-state index in [1.165, 1.54) is 18.2 Å². The highest BCUT2D eigenvalue weighted by Crippen LogP contribution is 2.23. The maximum Gasteiger partial charge on any atom is 0.256 e. The van der Waals surface area contributed by atoms with Gasteiger partial charge < -0.3 is 14.5 Å². The molecule has 8 heteroatoms. The fourth-order valence-corrected chi connectivity index (χ4v) is 3.68. The maximum absolute atomic E-state index is 14.2. The molecule has 1 saturated heterocycles. The van der Waals surface area contributed by atoms with Crippen LogP contribution in [0.3, 0.4) is 0 Å². The molecule has 29 heavy (non-hydrogen) atoms. The summed E-state index contributed by atoms with van der Waals surface area (Å²) in [5.41, 5.74) is 0.717. The van der Waals surface area contributed by atoms with Gasteiger partial charge in [0, 0.05) is 28.0 Å². The van der Waals surface area contributed by atoms with Gasteiger partial charge in [0.2, 0.25) is 5.55 Å². The Hall–Kier alpha value is -2.22. The number of amides is 1. The van der Waals surface area contributed by atoms with Gasteiger partial charge in [-0.15, -0.1) is 0 Å². The van der Waals surface area contributed by atoms with E-state index < -0.39 is 5.82 Å². The number of fused-ring (bicyclic) bond motifs is 1. The molecule has 1 amide bonds. The number of nitrogens with zero attached hydrogens (tertiary/aromatic N) is 1. The van der Waals surface area contributed by atoms with Crippen molar-refractivity contribution in [2.75, 3.05) is 13.2 Å². The fourth-order valence-electron chi connectivity index (χ4n) is 3.14. The summed E-state index contributed by atoms with van der Waals surface area (Å²) in [5.74, 6) is -0.932. The topological polar surface area (TPSA) is 63.8 Å². The minimum Gasteiger partial charge on any atom is -0.438 e. The zero-order chi connectivity index (χ0) is 20.4. The van der Waals surface area contributed by atoms with E-state index in [1.807, 2.05) is 12.1 Å². The van der Waals surface area contributed by atoms with Gasteiger partial charge in [0.25, 0.3) is 5.91 Å². The van der Waals surface area contributed by atoms with Gasteiger partial charge in [0.05, 0.1) is 6.10 Å². The summed E-state index contributed by atoms with van der Waals surface area (Å²) in [5, 5.41) is 3.90. The van der Waals surface area contributed by atoms with Crippen LogP contribution in [0.2, 0.25) is 5.02 Å². The molecule has 2 heterocycles. The van der Waals surface area contributed by atoms with Crippen molar-refractivity contribution >= 4 is 50.1 Å². The predicted molar refractivity (Wildman–Crippen MR) is 112 cm³/mol. The maximum atomic E-state index is 14.2. The van der Waals surface area contributed by atoms with Gasteiger partial charge in [0.1, 0.15) is 22.7 Å². The third-order valence-corrected chi connectivity index (χ3v) is 5.33. The number of nitrogens with one attached hydrogen (secondary N) is 1. The average Bonchev–Trinajstić information content (AvgIpc) is 3.22. The molecule has 4 rings (SSSR count). The van der Waals surface area contributed by atoms with Gasteiger partial charge in [-0.3, -0.25) is 4.79 Å². The molecule has 0 saturated carbocycles. The van der Waals surface area contributed by atoms with E-state index in [2.05, 4.69) is 26.2 Å². The highest BCUT2D eigenvalue weighted by molar-refractivity contribution is 9.10. The van der Waals surface area contributed by atoms with Crippen LogP contribution in [0.25, 0.3) is 11.0 Å². The first-order chi connectivity index (χ1) is 14.0. The van der Waals surface area contributed by atoms with Gasteiger partial charge in [0.15, 0.2) is 0 Å². The molecule has 1 N–H and O–H groups in total. The number of hydrogen-bond acceptors (Lipinski definition) is 4. The zero-order valence-electron chi connectivity index (χ0n) is 15.3. The third kappa shape index (κ3) is 4.69. The molecular formula is C21H17BrClFN2O3. The van der Waals surface area contributed by atoms with E-state index in [0.29, 0.717) is 29.1 Å².